The second kappa shape index (κ2) is 15.3. The minimum atomic E-state index is -1.06. The number of aliphatic hydroxyl groups is 3. The molecule has 9 heteroatoms. The zero-order chi connectivity index (χ0) is 35.5. The molecular formula is C42H45N3O6. The molecule has 0 unspecified atom stereocenters. The Balaban J connectivity index is 1.10. The maximum absolute atomic E-state index is 14.1. The molecular weight excluding hydrogens is 642 g/mol. The van der Waals surface area contributed by atoms with Crippen molar-refractivity contribution in [3.05, 3.63) is 119 Å². The van der Waals surface area contributed by atoms with E-state index in [1.54, 1.807) is 12.3 Å². The van der Waals surface area contributed by atoms with Gasteiger partial charge in [0.2, 0.25) is 11.8 Å². The van der Waals surface area contributed by atoms with Crippen LogP contribution in [-0.4, -0.2) is 85.5 Å². The summed E-state index contributed by atoms with van der Waals surface area (Å²) >= 11 is 0. The summed E-state index contributed by atoms with van der Waals surface area (Å²) in [6.07, 6.45) is 4.86. The van der Waals surface area contributed by atoms with E-state index in [0.717, 1.165) is 47.2 Å². The van der Waals surface area contributed by atoms with Crippen LogP contribution in [0.4, 0.5) is 0 Å². The summed E-state index contributed by atoms with van der Waals surface area (Å²) in [5.74, 6) is -2.53. The number of piperidine rings is 1. The third-order valence-electron chi connectivity index (χ3n) is 11.1. The van der Waals surface area contributed by atoms with Crippen LogP contribution in [0.3, 0.4) is 0 Å². The number of amides is 2. The van der Waals surface area contributed by atoms with Crippen molar-refractivity contribution in [2.24, 2.45) is 17.8 Å². The van der Waals surface area contributed by atoms with E-state index >= 15 is 0 Å². The van der Waals surface area contributed by atoms with Gasteiger partial charge in [-0.15, -0.1) is 0 Å². The van der Waals surface area contributed by atoms with Crippen LogP contribution >= 0.6 is 0 Å². The number of pyridine rings is 1. The molecule has 0 saturated carbocycles. The fraction of sp³-hybridized carbons (Fsp3) is 0.357. The summed E-state index contributed by atoms with van der Waals surface area (Å²) in [6, 6.07) is 26.8. The van der Waals surface area contributed by atoms with Crippen LogP contribution in [-0.2, 0) is 16.1 Å². The van der Waals surface area contributed by atoms with Gasteiger partial charge in [0.05, 0.1) is 36.8 Å². The van der Waals surface area contributed by atoms with Crippen molar-refractivity contribution in [1.29, 1.82) is 0 Å². The predicted molar refractivity (Wildman–Crippen MR) is 196 cm³/mol. The van der Waals surface area contributed by atoms with E-state index in [1.807, 2.05) is 72.8 Å². The molecule has 3 heterocycles. The fourth-order valence-electron chi connectivity index (χ4n) is 8.56. The molecule has 4 atom stereocenters. The molecule has 2 amide bonds. The highest BCUT2D eigenvalue weighted by Gasteiger charge is 2.56. The zero-order valence-electron chi connectivity index (χ0n) is 28.6. The Hall–Kier alpha value is -4.67. The smallest absolute Gasteiger partial charge is 0.234 e. The van der Waals surface area contributed by atoms with Gasteiger partial charge in [-0.25, -0.2) is 0 Å². The quantitative estimate of drug-likeness (QED) is 0.125. The van der Waals surface area contributed by atoms with Crippen LogP contribution < -0.4 is 0 Å². The molecule has 7 rings (SSSR count). The average Bonchev–Trinajstić information content (AvgIpc) is 3.42. The van der Waals surface area contributed by atoms with Gasteiger partial charge in [0.1, 0.15) is 5.75 Å². The normalized spacial score (nSPS) is 22.5. The number of allylic oxidation sites excluding steroid dienone is 1. The molecule has 1 aromatic heterocycles. The molecule has 0 bridgehead atoms. The van der Waals surface area contributed by atoms with Crippen molar-refractivity contribution in [2.75, 3.05) is 26.3 Å². The summed E-state index contributed by atoms with van der Waals surface area (Å²) < 4.78 is 0. The lowest BCUT2D eigenvalue weighted by atomic mass is 9.68. The van der Waals surface area contributed by atoms with E-state index in [2.05, 4.69) is 22.0 Å². The molecule has 9 nitrogen and oxygen atoms in total. The first-order chi connectivity index (χ1) is 24.9. The van der Waals surface area contributed by atoms with E-state index in [9.17, 15) is 30.0 Å². The number of benzene rings is 3. The fourth-order valence-corrected chi connectivity index (χ4v) is 8.56. The summed E-state index contributed by atoms with van der Waals surface area (Å²) in [7, 11) is 0. The Kier molecular flexibility index (Phi) is 10.4. The molecule has 4 N–H and O–H groups in total. The van der Waals surface area contributed by atoms with E-state index in [1.165, 1.54) is 10.5 Å². The lowest BCUT2D eigenvalue weighted by Crippen LogP contribution is -2.47. The average molecular weight is 688 g/mol. The number of hydrogen-bond acceptors (Lipinski definition) is 8. The van der Waals surface area contributed by atoms with Gasteiger partial charge >= 0.3 is 0 Å². The summed E-state index contributed by atoms with van der Waals surface area (Å²) in [5.41, 5.74) is 4.72. The largest absolute Gasteiger partial charge is 0.507 e. The number of hydrogen-bond donors (Lipinski definition) is 4. The standard InChI is InChI=1S/C42H45N3O6/c46-25-30-23-34-40(42(51)45(41(34)50)31-17-20-44(21-18-31)24-27-8-2-1-3-9-27)35(26-47)39(30)38(49)16-14-29(36-12-6-7-19-43-36)22-28-13-15-37(48)33-11-5-4-10-32(28)33/h1-13,15,19,22,31,34-35,38,40,46-49H,14,16-18,20-21,23-26H2/b29-22-/t34-,35+,38-,40-/m1/s1. The molecule has 2 fully saturated rings. The first-order valence-electron chi connectivity index (χ1n) is 17.9. The molecule has 51 heavy (non-hydrogen) atoms. The number of carbonyl (C=O) groups is 2. The minimum absolute atomic E-state index is 0.181. The Morgan fingerprint density at radius 2 is 1.61 bits per heavy atom. The number of phenolic OH excluding ortho intramolecular Hbond substituents is 1. The third-order valence-corrected chi connectivity index (χ3v) is 11.1. The number of rotatable bonds is 11. The number of phenols is 1. The lowest BCUT2D eigenvalue weighted by molar-refractivity contribution is -0.144. The van der Waals surface area contributed by atoms with E-state index < -0.39 is 30.5 Å². The van der Waals surface area contributed by atoms with Gasteiger partial charge in [0, 0.05) is 43.2 Å². The molecule has 3 aliphatic rings. The monoisotopic (exact) mass is 687 g/mol. The van der Waals surface area contributed by atoms with Crippen molar-refractivity contribution in [3.8, 4) is 5.75 Å². The molecule has 3 aromatic carbocycles. The molecule has 2 saturated heterocycles. The Bertz CT molecular complexity index is 1940. The number of nitrogens with zero attached hydrogens (tertiary/aromatic N) is 3. The van der Waals surface area contributed by atoms with Crippen molar-refractivity contribution in [2.45, 2.75) is 50.8 Å². The van der Waals surface area contributed by atoms with Gasteiger partial charge < -0.3 is 20.4 Å². The van der Waals surface area contributed by atoms with Crippen molar-refractivity contribution in [1.82, 2.24) is 14.8 Å². The van der Waals surface area contributed by atoms with Crippen LogP contribution in [0.5, 0.6) is 5.75 Å². The SMILES string of the molecule is O=C1[C@@H]2[C@@H](CC(CO)=C([C@H](O)CC/C(=C/c3ccc(O)c4ccccc34)c3ccccn3)[C@@H]2CO)C(=O)N1C1CCN(Cc2ccccc2)CC1. The second-order valence-corrected chi connectivity index (χ2v) is 14.0. The highest BCUT2D eigenvalue weighted by atomic mass is 16.3. The van der Waals surface area contributed by atoms with Gasteiger partial charge in [-0.2, -0.15) is 0 Å². The van der Waals surface area contributed by atoms with Crippen LogP contribution in [0.25, 0.3) is 22.4 Å². The number of carbonyl (C=O) groups excluding carboxylic acids is 2. The highest BCUT2D eigenvalue weighted by Crippen LogP contribution is 2.47. The second-order valence-electron chi connectivity index (χ2n) is 14.0. The Morgan fingerprint density at radius 3 is 2.31 bits per heavy atom. The minimum Gasteiger partial charge on any atom is -0.507 e. The summed E-state index contributed by atoms with van der Waals surface area (Å²) in [5, 5.41) is 45.2. The Morgan fingerprint density at radius 1 is 0.882 bits per heavy atom. The van der Waals surface area contributed by atoms with Gasteiger partial charge in [0.15, 0.2) is 0 Å². The molecule has 1 aliphatic carbocycles. The number of fused-ring (bicyclic) bond motifs is 2. The van der Waals surface area contributed by atoms with E-state index in [-0.39, 0.29) is 43.1 Å². The van der Waals surface area contributed by atoms with Crippen molar-refractivity contribution in [3.63, 3.8) is 0 Å². The van der Waals surface area contributed by atoms with E-state index in [0.29, 0.717) is 30.4 Å². The van der Waals surface area contributed by atoms with Crippen LogP contribution in [0, 0.1) is 17.8 Å². The molecule has 0 radical (unpaired) electrons. The van der Waals surface area contributed by atoms with Gasteiger partial charge in [-0.1, -0.05) is 66.7 Å². The number of likely N-dealkylation sites (tertiary alicyclic amines) is 2. The van der Waals surface area contributed by atoms with Crippen LogP contribution in [0.1, 0.15) is 48.9 Å². The van der Waals surface area contributed by atoms with Crippen molar-refractivity contribution >= 4 is 34.2 Å². The van der Waals surface area contributed by atoms with Crippen LogP contribution in [0.15, 0.2) is 102 Å². The topological polar surface area (TPSA) is 134 Å². The first kappa shape index (κ1) is 34.8. The molecule has 4 aromatic rings. The predicted octanol–water partition coefficient (Wildman–Crippen LogP) is 5.19. The maximum Gasteiger partial charge on any atom is 0.234 e. The third kappa shape index (κ3) is 6.99. The Labute approximate surface area is 298 Å². The lowest BCUT2D eigenvalue weighted by Gasteiger charge is -2.36. The zero-order valence-corrected chi connectivity index (χ0v) is 28.6. The number of aromatic hydroxyl groups is 1. The summed E-state index contributed by atoms with van der Waals surface area (Å²) in [6.45, 7) is 1.58. The first-order valence-corrected chi connectivity index (χ1v) is 17.9. The van der Waals surface area contributed by atoms with Crippen LogP contribution in [0.2, 0.25) is 0 Å². The number of imide groups is 1. The van der Waals surface area contributed by atoms with Gasteiger partial charge in [-0.3, -0.25) is 24.4 Å². The van der Waals surface area contributed by atoms with E-state index in [4.69, 9.17) is 0 Å². The molecule has 2 aliphatic heterocycles. The van der Waals surface area contributed by atoms with Gasteiger partial charge in [-0.05, 0) is 89.6 Å². The highest BCUT2D eigenvalue weighted by molar-refractivity contribution is 6.06. The summed E-state index contributed by atoms with van der Waals surface area (Å²) in [4.78, 5) is 36.4. The number of aliphatic hydroxyl groups excluding tert-OH is 3. The number of aromatic nitrogens is 1. The molecule has 0 spiro atoms. The maximum atomic E-state index is 14.1. The van der Waals surface area contributed by atoms with Crippen molar-refractivity contribution < 1.29 is 30.0 Å². The molecule has 264 valence electrons. The van der Waals surface area contributed by atoms with Gasteiger partial charge in [0.25, 0.3) is 0 Å².